The van der Waals surface area contributed by atoms with Gasteiger partial charge in [-0.15, -0.1) is 0 Å². The first-order valence-corrected chi connectivity index (χ1v) is 17.4. The molecule has 6 rings (SSSR count). The van der Waals surface area contributed by atoms with E-state index in [2.05, 4.69) is 17.3 Å². The summed E-state index contributed by atoms with van der Waals surface area (Å²) in [6.45, 7) is 2.98. The number of carbonyl (C=O) groups is 3. The van der Waals surface area contributed by atoms with Crippen molar-refractivity contribution in [2.45, 2.75) is 75.2 Å². The van der Waals surface area contributed by atoms with Gasteiger partial charge in [0.2, 0.25) is 5.91 Å². The van der Waals surface area contributed by atoms with E-state index in [0.717, 1.165) is 31.5 Å². The average Bonchev–Trinajstić information content (AvgIpc) is 3.08. The average molecular weight is 724 g/mol. The van der Waals surface area contributed by atoms with Crippen molar-refractivity contribution in [1.82, 2.24) is 14.7 Å². The minimum Gasteiger partial charge on any atom is -0.436 e. The van der Waals surface area contributed by atoms with Gasteiger partial charge in [0.25, 0.3) is 5.91 Å². The lowest BCUT2D eigenvalue weighted by atomic mass is 9.68. The molecule has 4 heterocycles. The van der Waals surface area contributed by atoms with Crippen LogP contribution in [-0.4, -0.2) is 85.0 Å². The van der Waals surface area contributed by atoms with E-state index in [9.17, 15) is 40.7 Å². The van der Waals surface area contributed by atoms with Crippen molar-refractivity contribution >= 4 is 29.3 Å². The second kappa shape index (κ2) is 14.2. The third-order valence-corrected chi connectivity index (χ3v) is 11.3. The molecule has 0 bridgehead atoms. The Labute approximate surface area is 292 Å². The van der Waals surface area contributed by atoms with Gasteiger partial charge in [-0.25, -0.2) is 4.79 Å². The summed E-state index contributed by atoms with van der Waals surface area (Å²) in [7, 11) is 2.07. The minimum absolute atomic E-state index is 0.144. The Morgan fingerprint density at radius 2 is 1.43 bits per heavy atom. The Balaban J connectivity index is 1.21. The van der Waals surface area contributed by atoms with Crippen molar-refractivity contribution in [2.24, 2.45) is 11.8 Å². The Bertz CT molecular complexity index is 1590. The van der Waals surface area contributed by atoms with Crippen LogP contribution < -0.4 is 11.1 Å². The molecule has 3 saturated heterocycles. The highest BCUT2D eigenvalue weighted by Gasteiger charge is 2.45. The van der Waals surface area contributed by atoms with E-state index in [0.29, 0.717) is 68.4 Å². The van der Waals surface area contributed by atoms with E-state index in [1.807, 2.05) is 24.3 Å². The third kappa shape index (κ3) is 7.92. The van der Waals surface area contributed by atoms with Crippen LogP contribution >= 0.6 is 0 Å². The Hall–Kier alpha value is -4.01. The number of nitrogens with two attached hydrogens (primary N) is 1. The number of fused-ring (bicyclic) bond motifs is 2. The maximum absolute atomic E-state index is 14.0. The zero-order valence-corrected chi connectivity index (χ0v) is 28.4. The highest BCUT2D eigenvalue weighted by atomic mass is 19.4. The first-order valence-electron chi connectivity index (χ1n) is 17.4. The van der Waals surface area contributed by atoms with E-state index in [-0.39, 0.29) is 25.4 Å². The van der Waals surface area contributed by atoms with Crippen molar-refractivity contribution in [3.8, 4) is 0 Å². The number of amides is 3. The lowest BCUT2D eigenvalue weighted by molar-refractivity contribution is -0.142. The van der Waals surface area contributed by atoms with Crippen LogP contribution in [0.25, 0.3) is 0 Å². The van der Waals surface area contributed by atoms with Crippen LogP contribution in [0.5, 0.6) is 0 Å². The number of likely N-dealkylation sites (tertiary alicyclic amines) is 3. The number of anilines is 2. The first-order chi connectivity index (χ1) is 24.0. The van der Waals surface area contributed by atoms with Gasteiger partial charge in [-0.05, 0) is 99.8 Å². The van der Waals surface area contributed by atoms with Crippen LogP contribution in [0.2, 0.25) is 0 Å². The molecule has 15 heteroatoms. The van der Waals surface area contributed by atoms with E-state index < -0.39 is 64.7 Å². The topological polar surface area (TPSA) is 108 Å². The van der Waals surface area contributed by atoms with Gasteiger partial charge in [-0.3, -0.25) is 9.59 Å². The standard InChI is InChI=1S/C36H43F6N5O4/c1-45-12-6-23(7-13-45)24-8-14-46(15-9-24)32(49)29(20-22-18-26(35(37,38)39)31(43)27(19-22)36(40,41)42)51-33(50)47-16-10-34(11-17-47)21-30(48)44-28-5-3-2-4-25(28)34/h2-5,18-19,23-24,29H,6-17,20-21,43H2,1H3,(H,44,48)/t29-/m1/s1. The molecule has 3 N–H and O–H groups in total. The normalized spacial score (nSPS) is 21.3. The summed E-state index contributed by atoms with van der Waals surface area (Å²) in [4.78, 5) is 45.3. The molecule has 1 atom stereocenters. The molecule has 2 aromatic rings. The first kappa shape index (κ1) is 36.8. The predicted octanol–water partition coefficient (Wildman–Crippen LogP) is 6.31. The zero-order valence-electron chi connectivity index (χ0n) is 28.4. The van der Waals surface area contributed by atoms with Gasteiger partial charge in [0.05, 0.1) is 16.8 Å². The number of ether oxygens (including phenoxy) is 1. The van der Waals surface area contributed by atoms with Crippen molar-refractivity contribution in [1.29, 1.82) is 0 Å². The Morgan fingerprint density at radius 3 is 2.00 bits per heavy atom. The van der Waals surface area contributed by atoms with Crippen LogP contribution in [-0.2, 0) is 38.5 Å². The number of alkyl halides is 6. The van der Waals surface area contributed by atoms with Gasteiger partial charge in [-0.1, -0.05) is 18.2 Å². The summed E-state index contributed by atoms with van der Waals surface area (Å²) >= 11 is 0. The molecule has 278 valence electrons. The van der Waals surface area contributed by atoms with Crippen molar-refractivity contribution in [3.05, 3.63) is 58.7 Å². The Kier molecular flexibility index (Phi) is 10.2. The summed E-state index contributed by atoms with van der Waals surface area (Å²) in [6.07, 6.45) is -9.17. The number of piperidine rings is 3. The van der Waals surface area contributed by atoms with Crippen molar-refractivity contribution < 1.29 is 45.5 Å². The van der Waals surface area contributed by atoms with E-state index in [4.69, 9.17) is 10.5 Å². The van der Waals surface area contributed by atoms with Gasteiger partial charge < -0.3 is 30.5 Å². The number of nitrogens with one attached hydrogen (secondary N) is 1. The number of rotatable bonds is 5. The molecule has 0 radical (unpaired) electrons. The molecule has 2 aromatic carbocycles. The molecule has 0 aromatic heterocycles. The number of carbonyl (C=O) groups excluding carboxylic acids is 3. The van der Waals surface area contributed by atoms with Crippen LogP contribution in [0.1, 0.15) is 67.2 Å². The van der Waals surface area contributed by atoms with Gasteiger partial charge in [0.15, 0.2) is 6.10 Å². The molecule has 3 amide bonds. The second-order valence-electron chi connectivity index (χ2n) is 14.5. The SMILES string of the molecule is CN1CCC(C2CCN(C(=O)[C@@H](Cc3cc(C(F)(F)F)c(N)c(C(F)(F)F)c3)OC(=O)N3CCC4(CC3)CC(=O)Nc3ccccc34)CC2)CC1. The highest BCUT2D eigenvalue weighted by Crippen LogP contribution is 2.46. The molecular weight excluding hydrogens is 680 g/mol. The number of nitrogen functional groups attached to an aromatic ring is 1. The monoisotopic (exact) mass is 723 g/mol. The van der Waals surface area contributed by atoms with Gasteiger partial charge in [0.1, 0.15) is 0 Å². The highest BCUT2D eigenvalue weighted by molar-refractivity contribution is 5.95. The largest absolute Gasteiger partial charge is 0.436 e. The molecule has 1 spiro atoms. The van der Waals surface area contributed by atoms with Crippen LogP contribution in [0, 0.1) is 11.8 Å². The number of halogens is 6. The Morgan fingerprint density at radius 1 is 0.882 bits per heavy atom. The van der Waals surface area contributed by atoms with E-state index in [1.165, 1.54) is 9.80 Å². The van der Waals surface area contributed by atoms with Crippen molar-refractivity contribution in [3.63, 3.8) is 0 Å². The van der Waals surface area contributed by atoms with E-state index >= 15 is 0 Å². The summed E-state index contributed by atoms with van der Waals surface area (Å²) in [5.41, 5.74) is 1.19. The summed E-state index contributed by atoms with van der Waals surface area (Å²) in [5, 5.41) is 2.87. The smallest absolute Gasteiger partial charge is 0.418 e. The lowest BCUT2D eigenvalue weighted by Gasteiger charge is -2.44. The summed E-state index contributed by atoms with van der Waals surface area (Å²) < 4.78 is 89.0. The van der Waals surface area contributed by atoms with Crippen LogP contribution in [0.3, 0.4) is 0 Å². The predicted molar refractivity (Wildman–Crippen MR) is 177 cm³/mol. The maximum atomic E-state index is 14.0. The number of benzene rings is 2. The van der Waals surface area contributed by atoms with Gasteiger partial charge in [0, 0.05) is 50.1 Å². The van der Waals surface area contributed by atoms with E-state index in [1.54, 1.807) is 0 Å². The minimum atomic E-state index is -5.20. The molecular formula is C36H43F6N5O4. The lowest BCUT2D eigenvalue weighted by Crippen LogP contribution is -2.51. The van der Waals surface area contributed by atoms with Gasteiger partial charge >= 0.3 is 18.4 Å². The molecule has 51 heavy (non-hydrogen) atoms. The van der Waals surface area contributed by atoms with Crippen molar-refractivity contribution in [2.75, 3.05) is 57.4 Å². The fraction of sp³-hybridized carbons (Fsp3) is 0.583. The molecule has 0 aliphatic carbocycles. The number of hydrogen-bond acceptors (Lipinski definition) is 6. The maximum Gasteiger partial charge on any atom is 0.418 e. The number of para-hydroxylation sites is 1. The fourth-order valence-corrected chi connectivity index (χ4v) is 8.40. The second-order valence-corrected chi connectivity index (χ2v) is 14.5. The molecule has 4 aliphatic rings. The zero-order chi connectivity index (χ0) is 36.7. The third-order valence-electron chi connectivity index (χ3n) is 11.3. The quantitative estimate of drug-likeness (QED) is 0.277. The number of hydrogen-bond donors (Lipinski definition) is 2. The van der Waals surface area contributed by atoms with Crippen LogP contribution in [0.15, 0.2) is 36.4 Å². The van der Waals surface area contributed by atoms with Gasteiger partial charge in [-0.2, -0.15) is 26.3 Å². The molecule has 3 fully saturated rings. The molecule has 0 unspecified atom stereocenters. The van der Waals surface area contributed by atoms with Crippen LogP contribution in [0.4, 0.5) is 42.5 Å². The molecule has 4 aliphatic heterocycles. The fourth-order valence-electron chi connectivity index (χ4n) is 8.40. The number of nitrogens with zero attached hydrogens (tertiary/aromatic N) is 3. The molecule has 0 saturated carbocycles. The summed E-state index contributed by atoms with van der Waals surface area (Å²) in [5.74, 6) is 0.0793. The molecule has 9 nitrogen and oxygen atoms in total. The summed E-state index contributed by atoms with van der Waals surface area (Å²) in [6, 6.07) is 8.41.